The SMILES string of the molecule is CCc1nc(-c2c(OC)cc(C)cc2OC)nn1C. The molecule has 1 aromatic heterocycles. The van der Waals surface area contributed by atoms with Crippen LogP contribution in [0.1, 0.15) is 18.3 Å². The molecule has 0 saturated heterocycles. The van der Waals surface area contributed by atoms with Crippen LogP contribution in [-0.2, 0) is 13.5 Å². The normalized spacial score (nSPS) is 10.6. The highest BCUT2D eigenvalue weighted by Crippen LogP contribution is 2.37. The molecule has 0 aliphatic carbocycles. The fourth-order valence-electron chi connectivity index (χ4n) is 2.09. The van der Waals surface area contributed by atoms with Gasteiger partial charge < -0.3 is 9.47 Å². The first-order chi connectivity index (χ1) is 9.10. The highest BCUT2D eigenvalue weighted by atomic mass is 16.5. The molecule has 19 heavy (non-hydrogen) atoms. The van der Waals surface area contributed by atoms with Gasteiger partial charge in [-0.05, 0) is 24.6 Å². The number of ether oxygens (including phenoxy) is 2. The van der Waals surface area contributed by atoms with E-state index < -0.39 is 0 Å². The molecule has 5 heteroatoms. The predicted molar refractivity (Wildman–Crippen MR) is 73.7 cm³/mol. The lowest BCUT2D eigenvalue weighted by Crippen LogP contribution is -1.97. The maximum atomic E-state index is 5.44. The van der Waals surface area contributed by atoms with Gasteiger partial charge in [0, 0.05) is 13.5 Å². The van der Waals surface area contributed by atoms with Crippen molar-refractivity contribution in [2.45, 2.75) is 20.3 Å². The van der Waals surface area contributed by atoms with Crippen molar-refractivity contribution in [1.82, 2.24) is 14.8 Å². The Morgan fingerprint density at radius 1 is 1.16 bits per heavy atom. The first-order valence-corrected chi connectivity index (χ1v) is 6.23. The van der Waals surface area contributed by atoms with Gasteiger partial charge in [-0.3, -0.25) is 4.68 Å². The number of nitrogens with zero attached hydrogens (tertiary/aromatic N) is 3. The van der Waals surface area contributed by atoms with Gasteiger partial charge in [0.15, 0.2) is 5.82 Å². The monoisotopic (exact) mass is 261 g/mol. The summed E-state index contributed by atoms with van der Waals surface area (Å²) in [6.07, 6.45) is 0.833. The summed E-state index contributed by atoms with van der Waals surface area (Å²) >= 11 is 0. The van der Waals surface area contributed by atoms with Crippen LogP contribution in [-0.4, -0.2) is 29.0 Å². The van der Waals surface area contributed by atoms with E-state index >= 15 is 0 Å². The zero-order chi connectivity index (χ0) is 14.0. The Bertz CT molecular complexity index is 565. The summed E-state index contributed by atoms with van der Waals surface area (Å²) in [6.45, 7) is 4.05. The number of aryl methyl sites for hydroxylation is 3. The molecule has 0 bridgehead atoms. The molecule has 5 nitrogen and oxygen atoms in total. The van der Waals surface area contributed by atoms with Crippen LogP contribution in [0.15, 0.2) is 12.1 Å². The zero-order valence-corrected chi connectivity index (χ0v) is 12.0. The number of benzene rings is 1. The van der Waals surface area contributed by atoms with Gasteiger partial charge in [0.25, 0.3) is 0 Å². The van der Waals surface area contributed by atoms with E-state index in [1.54, 1.807) is 18.9 Å². The van der Waals surface area contributed by atoms with E-state index in [0.717, 1.165) is 34.9 Å². The van der Waals surface area contributed by atoms with Gasteiger partial charge in [-0.1, -0.05) is 6.92 Å². The highest BCUT2D eigenvalue weighted by Gasteiger charge is 2.18. The molecule has 0 aliphatic heterocycles. The summed E-state index contributed by atoms with van der Waals surface area (Å²) in [5, 5.41) is 4.44. The minimum atomic E-state index is 0.632. The molecular formula is C14H19N3O2. The van der Waals surface area contributed by atoms with Crippen molar-refractivity contribution in [2.75, 3.05) is 14.2 Å². The Kier molecular flexibility index (Phi) is 3.74. The molecule has 2 rings (SSSR count). The minimum Gasteiger partial charge on any atom is -0.496 e. The molecular weight excluding hydrogens is 242 g/mol. The van der Waals surface area contributed by atoms with E-state index in [-0.39, 0.29) is 0 Å². The average Bonchev–Trinajstić information content (AvgIpc) is 2.78. The standard InChI is InChI=1S/C14H19N3O2/c1-6-12-15-14(16-17(12)3)13-10(18-4)7-9(2)8-11(13)19-5/h7-8H,6H2,1-5H3. The van der Waals surface area contributed by atoms with Crippen molar-refractivity contribution in [3.05, 3.63) is 23.5 Å². The van der Waals surface area contributed by atoms with Crippen molar-refractivity contribution in [1.29, 1.82) is 0 Å². The second-order valence-corrected chi connectivity index (χ2v) is 4.37. The van der Waals surface area contributed by atoms with E-state index in [1.165, 1.54) is 0 Å². The van der Waals surface area contributed by atoms with Gasteiger partial charge >= 0.3 is 0 Å². The lowest BCUT2D eigenvalue weighted by Gasteiger charge is -2.11. The van der Waals surface area contributed by atoms with Crippen molar-refractivity contribution in [3.63, 3.8) is 0 Å². The van der Waals surface area contributed by atoms with Crippen LogP contribution in [0, 0.1) is 6.92 Å². The first-order valence-electron chi connectivity index (χ1n) is 6.23. The van der Waals surface area contributed by atoms with Crippen LogP contribution in [0.5, 0.6) is 11.5 Å². The van der Waals surface area contributed by atoms with E-state index in [9.17, 15) is 0 Å². The molecule has 0 spiro atoms. The molecule has 0 aliphatic rings. The van der Waals surface area contributed by atoms with Crippen LogP contribution < -0.4 is 9.47 Å². The Hall–Kier alpha value is -2.04. The lowest BCUT2D eigenvalue weighted by molar-refractivity contribution is 0.396. The molecule has 102 valence electrons. The van der Waals surface area contributed by atoms with Crippen LogP contribution >= 0.6 is 0 Å². The fourth-order valence-corrected chi connectivity index (χ4v) is 2.09. The maximum absolute atomic E-state index is 5.44. The third kappa shape index (κ3) is 2.41. The molecule has 0 fully saturated rings. The Morgan fingerprint density at radius 3 is 2.16 bits per heavy atom. The van der Waals surface area contributed by atoms with E-state index in [1.807, 2.05) is 26.1 Å². The van der Waals surface area contributed by atoms with E-state index in [4.69, 9.17) is 9.47 Å². The summed E-state index contributed by atoms with van der Waals surface area (Å²) in [5.74, 6) is 3.02. The number of hydrogen-bond acceptors (Lipinski definition) is 4. The van der Waals surface area contributed by atoms with Crippen LogP contribution in [0.3, 0.4) is 0 Å². The zero-order valence-electron chi connectivity index (χ0n) is 12.0. The second-order valence-electron chi connectivity index (χ2n) is 4.37. The maximum Gasteiger partial charge on any atom is 0.188 e. The molecule has 0 unspecified atom stereocenters. The quantitative estimate of drug-likeness (QED) is 0.847. The summed E-state index contributed by atoms with van der Waals surface area (Å²) in [4.78, 5) is 4.54. The highest BCUT2D eigenvalue weighted by molar-refractivity contribution is 5.72. The largest absolute Gasteiger partial charge is 0.496 e. The van der Waals surface area contributed by atoms with Gasteiger partial charge in [0.1, 0.15) is 22.9 Å². The fraction of sp³-hybridized carbons (Fsp3) is 0.429. The molecule has 0 saturated carbocycles. The molecule has 0 atom stereocenters. The van der Waals surface area contributed by atoms with Gasteiger partial charge in [0.05, 0.1) is 14.2 Å². The Labute approximate surface area is 113 Å². The van der Waals surface area contributed by atoms with Crippen LogP contribution in [0.4, 0.5) is 0 Å². The van der Waals surface area contributed by atoms with Crippen LogP contribution in [0.25, 0.3) is 11.4 Å². The van der Waals surface area contributed by atoms with Crippen molar-refractivity contribution in [2.24, 2.45) is 7.05 Å². The third-order valence-corrected chi connectivity index (χ3v) is 3.04. The topological polar surface area (TPSA) is 49.2 Å². The first kappa shape index (κ1) is 13.4. The number of methoxy groups -OCH3 is 2. The second kappa shape index (κ2) is 5.30. The van der Waals surface area contributed by atoms with Crippen molar-refractivity contribution in [3.8, 4) is 22.9 Å². The summed E-state index contributed by atoms with van der Waals surface area (Å²) in [5.41, 5.74) is 1.87. The molecule has 2 aromatic rings. The lowest BCUT2D eigenvalue weighted by atomic mass is 10.1. The molecule has 0 amide bonds. The average molecular weight is 261 g/mol. The molecule has 1 heterocycles. The molecule has 0 radical (unpaired) electrons. The molecule has 1 aromatic carbocycles. The van der Waals surface area contributed by atoms with Gasteiger partial charge in [0.2, 0.25) is 0 Å². The van der Waals surface area contributed by atoms with E-state index in [0.29, 0.717) is 5.82 Å². The van der Waals surface area contributed by atoms with Gasteiger partial charge in [-0.15, -0.1) is 0 Å². The van der Waals surface area contributed by atoms with Crippen molar-refractivity contribution >= 4 is 0 Å². The smallest absolute Gasteiger partial charge is 0.188 e. The predicted octanol–water partition coefficient (Wildman–Crippen LogP) is 2.37. The number of rotatable bonds is 4. The van der Waals surface area contributed by atoms with E-state index in [2.05, 4.69) is 17.0 Å². The summed E-state index contributed by atoms with van der Waals surface area (Å²) < 4.78 is 12.7. The van der Waals surface area contributed by atoms with Gasteiger partial charge in [-0.25, -0.2) is 4.98 Å². The van der Waals surface area contributed by atoms with Crippen molar-refractivity contribution < 1.29 is 9.47 Å². The summed E-state index contributed by atoms with van der Waals surface area (Å²) in [6, 6.07) is 3.92. The Balaban J connectivity index is 2.65. The third-order valence-electron chi connectivity index (χ3n) is 3.04. The summed E-state index contributed by atoms with van der Waals surface area (Å²) in [7, 11) is 5.17. The molecule has 0 N–H and O–H groups in total. The minimum absolute atomic E-state index is 0.632. The Morgan fingerprint density at radius 2 is 1.74 bits per heavy atom. The number of aromatic nitrogens is 3. The van der Waals surface area contributed by atoms with Crippen LogP contribution in [0.2, 0.25) is 0 Å². The number of hydrogen-bond donors (Lipinski definition) is 0. The van der Waals surface area contributed by atoms with Gasteiger partial charge in [-0.2, -0.15) is 5.10 Å².